The van der Waals surface area contributed by atoms with Crippen LogP contribution in [0, 0.1) is 11.6 Å². The summed E-state index contributed by atoms with van der Waals surface area (Å²) in [5.74, 6) is -1.47. The second-order valence-electron chi connectivity index (χ2n) is 8.24. The van der Waals surface area contributed by atoms with Crippen LogP contribution in [0.25, 0.3) is 0 Å². The number of hydrogen-bond acceptors (Lipinski definition) is 4. The first-order valence-electron chi connectivity index (χ1n) is 10.6. The highest BCUT2D eigenvalue weighted by atomic mass is 35.5. The predicted molar refractivity (Wildman–Crippen MR) is 130 cm³/mol. The van der Waals surface area contributed by atoms with Crippen molar-refractivity contribution in [3.8, 4) is 0 Å². The summed E-state index contributed by atoms with van der Waals surface area (Å²) in [6.45, 7) is 2.01. The minimum atomic E-state index is -3.76. The maximum absolute atomic E-state index is 13.9. The number of likely N-dealkylation sites (N-methyl/N-ethyl adjacent to an activating group) is 1. The van der Waals surface area contributed by atoms with E-state index in [0.29, 0.717) is 11.8 Å². The van der Waals surface area contributed by atoms with Gasteiger partial charge < -0.3 is 4.90 Å². The Hall–Kier alpha value is -1.93. The molecule has 33 heavy (non-hydrogen) atoms. The largest absolute Gasteiger partial charge is 0.306 e. The summed E-state index contributed by atoms with van der Waals surface area (Å²) in [6.07, 6.45) is 1.95. The van der Waals surface area contributed by atoms with Crippen LogP contribution in [0.2, 0.25) is 5.02 Å². The van der Waals surface area contributed by atoms with Crippen LogP contribution in [0.1, 0.15) is 22.3 Å². The normalized spacial score (nSPS) is 14.7. The van der Waals surface area contributed by atoms with Gasteiger partial charge in [-0.25, -0.2) is 17.2 Å². The van der Waals surface area contributed by atoms with Gasteiger partial charge >= 0.3 is 0 Å². The Labute approximate surface area is 202 Å². The Kier molecular flexibility index (Phi) is 7.43. The molecule has 8 heteroatoms. The zero-order valence-corrected chi connectivity index (χ0v) is 20.5. The fourth-order valence-corrected chi connectivity index (χ4v) is 6.72. The lowest BCUT2D eigenvalue weighted by atomic mass is 10.0. The molecule has 0 bridgehead atoms. The van der Waals surface area contributed by atoms with E-state index >= 15 is 0 Å². The quantitative estimate of drug-likeness (QED) is 0.388. The monoisotopic (exact) mass is 507 g/mol. The summed E-state index contributed by atoms with van der Waals surface area (Å²) in [4.78, 5) is 3.52. The molecule has 0 aromatic heterocycles. The molecular formula is C25H24ClF2NO2S2. The van der Waals surface area contributed by atoms with Crippen molar-refractivity contribution in [2.24, 2.45) is 0 Å². The van der Waals surface area contributed by atoms with Gasteiger partial charge in [0.05, 0.1) is 15.7 Å². The lowest BCUT2D eigenvalue weighted by Crippen LogP contribution is -2.20. The van der Waals surface area contributed by atoms with Crippen LogP contribution in [0.4, 0.5) is 8.78 Å². The van der Waals surface area contributed by atoms with Crippen LogP contribution in [-0.2, 0) is 34.2 Å². The van der Waals surface area contributed by atoms with Crippen molar-refractivity contribution in [3.63, 3.8) is 0 Å². The third-order valence-corrected chi connectivity index (χ3v) is 9.18. The Morgan fingerprint density at radius 1 is 1.00 bits per heavy atom. The van der Waals surface area contributed by atoms with E-state index < -0.39 is 27.2 Å². The lowest BCUT2D eigenvalue weighted by molar-refractivity contribution is 0.352. The molecule has 0 amide bonds. The van der Waals surface area contributed by atoms with E-state index in [1.54, 1.807) is 23.9 Å². The van der Waals surface area contributed by atoms with Gasteiger partial charge in [0.2, 0.25) is 0 Å². The molecule has 0 N–H and O–H groups in total. The summed E-state index contributed by atoms with van der Waals surface area (Å²) >= 11 is 8.19. The molecule has 0 unspecified atom stereocenters. The minimum Gasteiger partial charge on any atom is -0.306 e. The molecule has 0 aliphatic carbocycles. The number of nitrogens with zero attached hydrogens (tertiary/aromatic N) is 1. The number of sulfone groups is 1. The summed E-state index contributed by atoms with van der Waals surface area (Å²) in [5, 5.41) is 0.740. The van der Waals surface area contributed by atoms with Crippen molar-refractivity contribution in [2.45, 2.75) is 34.1 Å². The highest BCUT2D eigenvalue weighted by Crippen LogP contribution is 2.36. The molecule has 174 valence electrons. The molecule has 1 aliphatic heterocycles. The molecule has 3 aromatic carbocycles. The zero-order valence-electron chi connectivity index (χ0n) is 18.2. The number of halogens is 3. The first-order chi connectivity index (χ1) is 15.7. The third-order valence-electron chi connectivity index (χ3n) is 5.84. The molecule has 4 rings (SSSR count). The van der Waals surface area contributed by atoms with Crippen LogP contribution in [0.15, 0.2) is 64.4 Å². The van der Waals surface area contributed by atoms with Crippen LogP contribution >= 0.6 is 23.4 Å². The van der Waals surface area contributed by atoms with Crippen LogP contribution in [0.3, 0.4) is 0 Å². The van der Waals surface area contributed by atoms with Gasteiger partial charge in [-0.05, 0) is 60.8 Å². The van der Waals surface area contributed by atoms with Crippen molar-refractivity contribution in [1.82, 2.24) is 4.90 Å². The van der Waals surface area contributed by atoms with Gasteiger partial charge in [-0.15, -0.1) is 11.8 Å². The molecular weight excluding hydrogens is 484 g/mol. The maximum atomic E-state index is 13.9. The van der Waals surface area contributed by atoms with Crippen LogP contribution in [-0.4, -0.2) is 33.5 Å². The van der Waals surface area contributed by atoms with Gasteiger partial charge in [0.25, 0.3) is 0 Å². The van der Waals surface area contributed by atoms with E-state index in [2.05, 4.69) is 18.0 Å². The topological polar surface area (TPSA) is 37.4 Å². The number of thioether (sulfide) groups is 1. The lowest BCUT2D eigenvalue weighted by Gasteiger charge is -2.14. The molecule has 0 saturated heterocycles. The fourth-order valence-electron chi connectivity index (χ4n) is 3.91. The summed E-state index contributed by atoms with van der Waals surface area (Å²) in [7, 11) is -1.63. The molecule has 1 heterocycles. The summed E-state index contributed by atoms with van der Waals surface area (Å²) in [5.41, 5.74) is 3.55. The van der Waals surface area contributed by atoms with Crippen molar-refractivity contribution in [2.75, 3.05) is 20.1 Å². The average Bonchev–Trinajstić information content (AvgIpc) is 2.97. The van der Waals surface area contributed by atoms with Gasteiger partial charge in [-0.1, -0.05) is 35.9 Å². The molecule has 3 nitrogen and oxygen atoms in total. The molecule has 0 spiro atoms. The zero-order chi connectivity index (χ0) is 23.6. The molecule has 0 saturated carbocycles. The van der Waals surface area contributed by atoms with Crippen LogP contribution in [0.5, 0.6) is 0 Å². The second-order valence-corrected chi connectivity index (χ2v) is 11.6. The number of benzene rings is 3. The van der Waals surface area contributed by atoms with Crippen molar-refractivity contribution in [3.05, 3.63) is 93.5 Å². The SMILES string of the molecule is CN1CCc2ccc(Cl)c(SCc3ccc(S(=O)(=O)Cc4ccc(F)cc4F)cc3)c2CC1. The molecule has 0 fully saturated rings. The van der Waals surface area contributed by atoms with E-state index in [1.165, 1.54) is 23.3 Å². The van der Waals surface area contributed by atoms with Crippen LogP contribution < -0.4 is 0 Å². The van der Waals surface area contributed by atoms with Gasteiger partial charge in [0.1, 0.15) is 11.6 Å². The summed E-state index contributed by atoms with van der Waals surface area (Å²) < 4.78 is 52.4. The first-order valence-corrected chi connectivity index (χ1v) is 13.6. The summed E-state index contributed by atoms with van der Waals surface area (Å²) in [6, 6.07) is 13.6. The van der Waals surface area contributed by atoms with E-state index in [4.69, 9.17) is 11.6 Å². The Morgan fingerprint density at radius 3 is 2.45 bits per heavy atom. The van der Waals surface area contributed by atoms with E-state index in [1.807, 2.05) is 6.07 Å². The van der Waals surface area contributed by atoms with Crippen molar-refractivity contribution in [1.29, 1.82) is 0 Å². The Balaban J connectivity index is 1.48. The molecule has 0 atom stereocenters. The number of rotatable bonds is 6. The Bertz CT molecular complexity index is 1260. The highest BCUT2D eigenvalue weighted by Gasteiger charge is 2.19. The van der Waals surface area contributed by atoms with Crippen molar-refractivity contribution < 1.29 is 17.2 Å². The average molecular weight is 508 g/mol. The standard InChI is InChI=1S/C25H24ClF2NO2S2/c1-29-12-10-18-5-9-23(26)25(22(18)11-13-29)32-15-17-2-7-21(8-3-17)33(30,31)16-19-4-6-20(27)14-24(19)28/h2-9,14H,10-13,15-16H2,1H3. The first kappa shape index (κ1) is 24.2. The highest BCUT2D eigenvalue weighted by molar-refractivity contribution is 7.98. The van der Waals surface area contributed by atoms with Gasteiger partial charge in [-0.3, -0.25) is 0 Å². The molecule has 1 aliphatic rings. The number of hydrogen-bond donors (Lipinski definition) is 0. The maximum Gasteiger partial charge on any atom is 0.182 e. The molecule has 3 aromatic rings. The Morgan fingerprint density at radius 2 is 1.73 bits per heavy atom. The van der Waals surface area contributed by atoms with Crippen molar-refractivity contribution >= 4 is 33.2 Å². The predicted octanol–water partition coefficient (Wildman–Crippen LogP) is 5.91. The second kappa shape index (κ2) is 10.1. The van der Waals surface area contributed by atoms with Gasteiger partial charge in [0, 0.05) is 35.4 Å². The van der Waals surface area contributed by atoms with E-state index in [0.717, 1.165) is 53.5 Å². The van der Waals surface area contributed by atoms with E-state index in [9.17, 15) is 17.2 Å². The van der Waals surface area contributed by atoms with E-state index in [-0.39, 0.29) is 10.5 Å². The van der Waals surface area contributed by atoms with Gasteiger partial charge in [-0.2, -0.15) is 0 Å². The molecule has 0 radical (unpaired) electrons. The number of fused-ring (bicyclic) bond motifs is 1. The third kappa shape index (κ3) is 5.77. The minimum absolute atomic E-state index is 0.0545. The smallest absolute Gasteiger partial charge is 0.182 e. The van der Waals surface area contributed by atoms with Gasteiger partial charge in [0.15, 0.2) is 9.84 Å². The fraction of sp³-hybridized carbons (Fsp3) is 0.280.